The monoisotopic (exact) mass is 344 g/mol. The fourth-order valence-electron chi connectivity index (χ4n) is 3.16. The van der Waals surface area contributed by atoms with Crippen LogP contribution in [0.3, 0.4) is 0 Å². The number of carbonyl (C=O) groups is 2. The SMILES string of the molecule is O=C(O)CC1CN(C(=O)CCOc2ccccc2)CC1c1cn[nH]n1. The second-order valence-electron chi connectivity index (χ2n) is 6.07. The number of hydrogen-bond donors (Lipinski definition) is 2. The van der Waals surface area contributed by atoms with Gasteiger partial charge in [0.05, 0.1) is 31.3 Å². The molecule has 0 bridgehead atoms. The zero-order valence-electron chi connectivity index (χ0n) is 13.7. The maximum absolute atomic E-state index is 12.4. The molecule has 1 aromatic carbocycles. The smallest absolute Gasteiger partial charge is 0.303 e. The Balaban J connectivity index is 1.56. The van der Waals surface area contributed by atoms with E-state index in [1.54, 1.807) is 11.1 Å². The van der Waals surface area contributed by atoms with Gasteiger partial charge in [0.2, 0.25) is 5.91 Å². The van der Waals surface area contributed by atoms with Gasteiger partial charge >= 0.3 is 5.97 Å². The minimum Gasteiger partial charge on any atom is -0.493 e. The fraction of sp³-hybridized carbons (Fsp3) is 0.412. The summed E-state index contributed by atoms with van der Waals surface area (Å²) in [7, 11) is 0. The summed E-state index contributed by atoms with van der Waals surface area (Å²) in [4.78, 5) is 25.2. The number of nitrogens with one attached hydrogen (secondary N) is 1. The first-order valence-electron chi connectivity index (χ1n) is 8.16. The van der Waals surface area contributed by atoms with Crippen LogP contribution in [0.25, 0.3) is 0 Å². The van der Waals surface area contributed by atoms with E-state index in [1.165, 1.54) is 0 Å². The highest BCUT2D eigenvalue weighted by molar-refractivity contribution is 5.77. The van der Waals surface area contributed by atoms with Gasteiger partial charge < -0.3 is 14.7 Å². The highest BCUT2D eigenvalue weighted by Gasteiger charge is 2.38. The summed E-state index contributed by atoms with van der Waals surface area (Å²) in [5.74, 6) is -0.478. The summed E-state index contributed by atoms with van der Waals surface area (Å²) in [6.07, 6.45) is 1.84. The van der Waals surface area contributed by atoms with E-state index in [1.807, 2.05) is 30.3 Å². The number of amides is 1. The minimum atomic E-state index is -0.875. The molecule has 2 heterocycles. The van der Waals surface area contributed by atoms with Crippen LogP contribution in [-0.4, -0.2) is 57.0 Å². The van der Waals surface area contributed by atoms with Crippen molar-refractivity contribution in [3.8, 4) is 5.75 Å². The fourth-order valence-corrected chi connectivity index (χ4v) is 3.16. The molecule has 2 N–H and O–H groups in total. The summed E-state index contributed by atoms with van der Waals surface area (Å²) in [6.45, 7) is 1.15. The average Bonchev–Trinajstić information content (AvgIpc) is 3.24. The number of hydrogen-bond acceptors (Lipinski definition) is 5. The third-order valence-electron chi connectivity index (χ3n) is 4.37. The Bertz CT molecular complexity index is 705. The third kappa shape index (κ3) is 4.34. The van der Waals surface area contributed by atoms with E-state index in [0.717, 1.165) is 5.75 Å². The molecule has 0 radical (unpaired) electrons. The van der Waals surface area contributed by atoms with Crippen molar-refractivity contribution >= 4 is 11.9 Å². The summed E-state index contributed by atoms with van der Waals surface area (Å²) in [6, 6.07) is 9.32. The lowest BCUT2D eigenvalue weighted by Gasteiger charge is -2.16. The normalized spacial score (nSPS) is 19.8. The first kappa shape index (κ1) is 16.9. The van der Waals surface area contributed by atoms with Gasteiger partial charge in [-0.05, 0) is 18.1 Å². The Morgan fingerprint density at radius 3 is 2.76 bits per heavy atom. The number of likely N-dealkylation sites (tertiary alicyclic amines) is 1. The van der Waals surface area contributed by atoms with Gasteiger partial charge in [-0.1, -0.05) is 18.2 Å². The molecule has 2 aromatic rings. The van der Waals surface area contributed by atoms with Crippen molar-refractivity contribution < 1.29 is 19.4 Å². The molecule has 1 amide bonds. The number of aromatic nitrogens is 3. The van der Waals surface area contributed by atoms with E-state index in [-0.39, 0.29) is 37.2 Å². The Labute approximate surface area is 144 Å². The molecule has 25 heavy (non-hydrogen) atoms. The number of carboxylic acid groups (broad SMARTS) is 1. The van der Waals surface area contributed by atoms with Crippen molar-refractivity contribution in [2.24, 2.45) is 5.92 Å². The summed E-state index contributed by atoms with van der Waals surface area (Å²) in [5.41, 5.74) is 0.696. The van der Waals surface area contributed by atoms with Crippen LogP contribution in [0.5, 0.6) is 5.75 Å². The number of carboxylic acids is 1. The van der Waals surface area contributed by atoms with Gasteiger partial charge in [-0.3, -0.25) is 9.59 Å². The lowest BCUT2D eigenvalue weighted by molar-refractivity contribution is -0.138. The van der Waals surface area contributed by atoms with Crippen molar-refractivity contribution in [2.45, 2.75) is 18.8 Å². The molecule has 132 valence electrons. The predicted octanol–water partition coefficient (Wildman–Crippen LogP) is 1.29. The van der Waals surface area contributed by atoms with E-state index >= 15 is 0 Å². The standard InChI is InChI=1S/C17H20N4O4/c22-16(6-7-25-13-4-2-1-3-5-13)21-10-12(8-17(23)24)14(11-21)15-9-18-20-19-15/h1-5,9,12,14H,6-8,10-11H2,(H,23,24)(H,18,19,20). The topological polar surface area (TPSA) is 108 Å². The number of carbonyl (C=O) groups excluding carboxylic acids is 1. The van der Waals surface area contributed by atoms with Crippen molar-refractivity contribution in [3.63, 3.8) is 0 Å². The summed E-state index contributed by atoms with van der Waals surface area (Å²) < 4.78 is 5.56. The highest BCUT2D eigenvalue weighted by Crippen LogP contribution is 2.33. The number of aliphatic carboxylic acids is 1. The van der Waals surface area contributed by atoms with Gasteiger partial charge in [-0.2, -0.15) is 15.4 Å². The van der Waals surface area contributed by atoms with E-state index in [4.69, 9.17) is 9.84 Å². The third-order valence-corrected chi connectivity index (χ3v) is 4.37. The second kappa shape index (κ2) is 7.78. The molecular weight excluding hydrogens is 324 g/mol. The zero-order valence-corrected chi connectivity index (χ0v) is 13.7. The molecule has 1 aliphatic heterocycles. The first-order chi connectivity index (χ1) is 12.1. The Hall–Kier alpha value is -2.90. The van der Waals surface area contributed by atoms with Crippen molar-refractivity contribution in [1.29, 1.82) is 0 Å². The zero-order chi connectivity index (χ0) is 17.6. The van der Waals surface area contributed by atoms with E-state index in [9.17, 15) is 9.59 Å². The molecule has 1 fully saturated rings. The van der Waals surface area contributed by atoms with E-state index in [2.05, 4.69) is 15.4 Å². The molecule has 0 aliphatic carbocycles. The molecule has 8 heteroatoms. The van der Waals surface area contributed by atoms with Crippen molar-refractivity contribution in [2.75, 3.05) is 19.7 Å². The molecule has 3 rings (SSSR count). The van der Waals surface area contributed by atoms with Gasteiger partial charge in [-0.15, -0.1) is 0 Å². The summed E-state index contributed by atoms with van der Waals surface area (Å²) in [5, 5.41) is 19.5. The van der Waals surface area contributed by atoms with Gasteiger partial charge in [0.15, 0.2) is 0 Å². The molecule has 2 atom stereocenters. The van der Waals surface area contributed by atoms with Gasteiger partial charge in [-0.25, -0.2) is 0 Å². The van der Waals surface area contributed by atoms with Crippen LogP contribution in [0.1, 0.15) is 24.5 Å². The Kier molecular flexibility index (Phi) is 5.27. The van der Waals surface area contributed by atoms with Crippen LogP contribution in [0.2, 0.25) is 0 Å². The quantitative estimate of drug-likeness (QED) is 0.783. The number of aromatic amines is 1. The molecule has 0 spiro atoms. The Morgan fingerprint density at radius 1 is 1.28 bits per heavy atom. The minimum absolute atomic E-state index is 0.00181. The van der Waals surface area contributed by atoms with Crippen LogP contribution >= 0.6 is 0 Å². The van der Waals surface area contributed by atoms with Gasteiger partial charge in [0.25, 0.3) is 0 Å². The van der Waals surface area contributed by atoms with Crippen LogP contribution < -0.4 is 4.74 Å². The summed E-state index contributed by atoms with van der Waals surface area (Å²) >= 11 is 0. The predicted molar refractivity (Wildman–Crippen MR) is 88.0 cm³/mol. The number of nitrogens with zero attached hydrogens (tertiary/aromatic N) is 3. The second-order valence-corrected chi connectivity index (χ2v) is 6.07. The van der Waals surface area contributed by atoms with E-state index < -0.39 is 5.97 Å². The van der Waals surface area contributed by atoms with Crippen LogP contribution in [0.15, 0.2) is 36.5 Å². The van der Waals surface area contributed by atoms with Crippen molar-refractivity contribution in [3.05, 3.63) is 42.2 Å². The molecule has 8 nitrogen and oxygen atoms in total. The Morgan fingerprint density at radius 2 is 2.08 bits per heavy atom. The number of rotatable bonds is 7. The maximum atomic E-state index is 12.4. The maximum Gasteiger partial charge on any atom is 0.303 e. The van der Waals surface area contributed by atoms with Gasteiger partial charge in [0.1, 0.15) is 5.75 Å². The van der Waals surface area contributed by atoms with Crippen LogP contribution in [-0.2, 0) is 9.59 Å². The lowest BCUT2D eigenvalue weighted by atomic mass is 9.91. The number of ether oxygens (including phenoxy) is 1. The van der Waals surface area contributed by atoms with Crippen molar-refractivity contribution in [1.82, 2.24) is 20.3 Å². The number of para-hydroxylation sites is 1. The highest BCUT2D eigenvalue weighted by atomic mass is 16.5. The van der Waals surface area contributed by atoms with Crippen LogP contribution in [0.4, 0.5) is 0 Å². The molecule has 1 aromatic heterocycles. The van der Waals surface area contributed by atoms with Crippen LogP contribution in [0, 0.1) is 5.92 Å². The number of benzene rings is 1. The molecule has 1 saturated heterocycles. The van der Waals surface area contributed by atoms with Gasteiger partial charge in [0, 0.05) is 19.0 Å². The number of H-pyrrole nitrogens is 1. The average molecular weight is 344 g/mol. The largest absolute Gasteiger partial charge is 0.493 e. The molecular formula is C17H20N4O4. The first-order valence-corrected chi connectivity index (χ1v) is 8.16. The molecule has 2 unspecified atom stereocenters. The molecule has 0 saturated carbocycles. The lowest BCUT2D eigenvalue weighted by Crippen LogP contribution is -2.30. The molecule has 1 aliphatic rings. The van der Waals surface area contributed by atoms with E-state index in [0.29, 0.717) is 18.8 Å².